The zero-order valence-electron chi connectivity index (χ0n) is 16.9. The highest BCUT2D eigenvalue weighted by atomic mass is 16.5. The number of ether oxygens (including phenoxy) is 1. The van der Waals surface area contributed by atoms with Crippen molar-refractivity contribution in [1.29, 1.82) is 0 Å². The molecule has 8 heteroatoms. The van der Waals surface area contributed by atoms with Gasteiger partial charge in [-0.2, -0.15) is 10.2 Å². The van der Waals surface area contributed by atoms with E-state index in [1.807, 2.05) is 11.4 Å². The van der Waals surface area contributed by atoms with Gasteiger partial charge < -0.3 is 9.64 Å². The molecule has 29 heavy (non-hydrogen) atoms. The second-order valence-corrected chi connectivity index (χ2v) is 8.72. The van der Waals surface area contributed by atoms with Gasteiger partial charge in [0.15, 0.2) is 5.82 Å². The molecule has 152 valence electrons. The molecule has 0 bridgehead atoms. The summed E-state index contributed by atoms with van der Waals surface area (Å²) in [5.41, 5.74) is 4.88. The van der Waals surface area contributed by atoms with E-state index in [0.29, 0.717) is 5.92 Å². The number of hydrogen-bond acceptors (Lipinski definition) is 6. The van der Waals surface area contributed by atoms with E-state index in [9.17, 15) is 0 Å². The lowest BCUT2D eigenvalue weighted by atomic mass is 9.85. The second kappa shape index (κ2) is 6.79. The fourth-order valence-electron chi connectivity index (χ4n) is 4.97. The Morgan fingerprint density at radius 1 is 1.21 bits per heavy atom. The van der Waals surface area contributed by atoms with Crippen molar-refractivity contribution in [3.8, 4) is 0 Å². The Labute approximate surface area is 169 Å². The highest BCUT2D eigenvalue weighted by molar-refractivity contribution is 5.73. The first kappa shape index (κ1) is 17.4. The number of aromatic nitrogens is 6. The molecule has 3 aliphatic rings. The Kier molecular flexibility index (Phi) is 4.07. The van der Waals surface area contributed by atoms with Crippen molar-refractivity contribution in [3.63, 3.8) is 0 Å². The molecule has 3 aromatic rings. The summed E-state index contributed by atoms with van der Waals surface area (Å²) in [4.78, 5) is 12.0. The van der Waals surface area contributed by atoms with Gasteiger partial charge in [0.2, 0.25) is 0 Å². The van der Waals surface area contributed by atoms with Crippen molar-refractivity contribution in [1.82, 2.24) is 29.4 Å². The van der Waals surface area contributed by atoms with E-state index in [1.54, 1.807) is 6.33 Å². The number of aryl methyl sites for hydroxylation is 1. The Morgan fingerprint density at radius 3 is 2.93 bits per heavy atom. The predicted molar refractivity (Wildman–Crippen MR) is 108 cm³/mol. The molecule has 1 aliphatic carbocycles. The van der Waals surface area contributed by atoms with Crippen LogP contribution in [0.3, 0.4) is 0 Å². The molecular formula is C21H27N7O. The van der Waals surface area contributed by atoms with Gasteiger partial charge in [0.25, 0.3) is 0 Å². The lowest BCUT2D eigenvalue weighted by molar-refractivity contribution is 0.193. The summed E-state index contributed by atoms with van der Waals surface area (Å²) < 4.78 is 9.85. The molecule has 2 fully saturated rings. The van der Waals surface area contributed by atoms with Crippen molar-refractivity contribution in [2.75, 3.05) is 24.7 Å². The highest BCUT2D eigenvalue weighted by Gasteiger charge is 2.30. The molecular weight excluding hydrogens is 366 g/mol. The SMILES string of the molecule is Cc1nc(C2CCOC2)c2c(N3CCc4cnn(CC5CCC5)c4C3)ncnn12. The molecule has 8 nitrogen and oxygen atoms in total. The normalized spacial score (nSPS) is 22.2. The van der Waals surface area contributed by atoms with Gasteiger partial charge in [0.05, 0.1) is 30.7 Å². The largest absolute Gasteiger partial charge is 0.381 e. The van der Waals surface area contributed by atoms with Crippen molar-refractivity contribution in [3.05, 3.63) is 35.3 Å². The fraction of sp³-hybridized carbons (Fsp3) is 0.619. The third-order valence-electron chi connectivity index (χ3n) is 6.90. The van der Waals surface area contributed by atoms with Gasteiger partial charge in [-0.1, -0.05) is 6.42 Å². The van der Waals surface area contributed by atoms with E-state index in [0.717, 1.165) is 74.5 Å². The minimum atomic E-state index is 0.327. The first-order chi connectivity index (χ1) is 14.3. The first-order valence-corrected chi connectivity index (χ1v) is 10.8. The Morgan fingerprint density at radius 2 is 2.14 bits per heavy atom. The summed E-state index contributed by atoms with van der Waals surface area (Å²) in [6.07, 6.45) is 9.80. The van der Waals surface area contributed by atoms with Gasteiger partial charge in [-0.15, -0.1) is 0 Å². The van der Waals surface area contributed by atoms with Gasteiger partial charge in [-0.25, -0.2) is 14.5 Å². The van der Waals surface area contributed by atoms with Crippen molar-refractivity contribution >= 4 is 11.3 Å². The van der Waals surface area contributed by atoms with Crippen LogP contribution in [0.1, 0.15) is 54.4 Å². The molecule has 5 heterocycles. The van der Waals surface area contributed by atoms with Crippen molar-refractivity contribution < 1.29 is 4.74 Å². The van der Waals surface area contributed by atoms with Crippen LogP contribution in [-0.4, -0.2) is 49.1 Å². The van der Waals surface area contributed by atoms with Crippen LogP contribution >= 0.6 is 0 Å². The van der Waals surface area contributed by atoms with Crippen LogP contribution in [0.25, 0.3) is 5.52 Å². The summed E-state index contributed by atoms with van der Waals surface area (Å²) in [6, 6.07) is 0. The number of imidazole rings is 1. The van der Waals surface area contributed by atoms with Gasteiger partial charge in [-0.3, -0.25) is 4.68 Å². The van der Waals surface area contributed by atoms with E-state index in [1.165, 1.54) is 30.5 Å². The summed E-state index contributed by atoms with van der Waals surface area (Å²) in [6.45, 7) is 6.40. The topological polar surface area (TPSA) is 73.4 Å². The molecule has 0 spiro atoms. The third kappa shape index (κ3) is 2.84. The molecule has 0 amide bonds. The second-order valence-electron chi connectivity index (χ2n) is 8.72. The van der Waals surface area contributed by atoms with Crippen molar-refractivity contribution in [2.24, 2.45) is 5.92 Å². The van der Waals surface area contributed by atoms with Crippen LogP contribution in [-0.2, 0) is 24.2 Å². The quantitative estimate of drug-likeness (QED) is 0.678. The smallest absolute Gasteiger partial charge is 0.158 e. The average molecular weight is 393 g/mol. The zero-order valence-corrected chi connectivity index (χ0v) is 16.9. The highest BCUT2D eigenvalue weighted by Crippen LogP contribution is 2.34. The number of anilines is 1. The van der Waals surface area contributed by atoms with Crippen LogP contribution in [0.5, 0.6) is 0 Å². The molecule has 0 N–H and O–H groups in total. The van der Waals surface area contributed by atoms with Gasteiger partial charge >= 0.3 is 0 Å². The number of fused-ring (bicyclic) bond motifs is 2. The van der Waals surface area contributed by atoms with E-state index >= 15 is 0 Å². The number of hydrogen-bond donors (Lipinski definition) is 0. The first-order valence-electron chi connectivity index (χ1n) is 10.8. The maximum atomic E-state index is 5.64. The molecule has 1 atom stereocenters. The minimum absolute atomic E-state index is 0.327. The van der Waals surface area contributed by atoms with Crippen LogP contribution in [0, 0.1) is 12.8 Å². The molecule has 1 saturated carbocycles. The third-order valence-corrected chi connectivity index (χ3v) is 6.90. The fourth-order valence-corrected chi connectivity index (χ4v) is 4.97. The molecule has 0 radical (unpaired) electrons. The Bertz CT molecular complexity index is 1040. The molecule has 2 aliphatic heterocycles. The van der Waals surface area contributed by atoms with Crippen LogP contribution in [0.4, 0.5) is 5.82 Å². The van der Waals surface area contributed by atoms with Gasteiger partial charge in [0.1, 0.15) is 17.7 Å². The predicted octanol–water partition coefficient (Wildman–Crippen LogP) is 2.50. The standard InChI is InChI=1S/C21H27N7O/c1-14-25-19(17-6-8-29-12-17)20-21(22-13-24-28(14)20)26-7-5-16-9-23-27(18(16)11-26)10-15-3-2-4-15/h9,13,15,17H,2-8,10-12H2,1H3. The van der Waals surface area contributed by atoms with E-state index < -0.39 is 0 Å². The van der Waals surface area contributed by atoms with E-state index in [-0.39, 0.29) is 0 Å². The summed E-state index contributed by atoms with van der Waals surface area (Å²) in [5.74, 6) is 3.03. The summed E-state index contributed by atoms with van der Waals surface area (Å²) >= 11 is 0. The molecule has 0 aromatic carbocycles. The van der Waals surface area contributed by atoms with Crippen LogP contribution in [0.2, 0.25) is 0 Å². The van der Waals surface area contributed by atoms with E-state index in [2.05, 4.69) is 20.9 Å². The minimum Gasteiger partial charge on any atom is -0.381 e. The average Bonchev–Trinajstić information content (AvgIpc) is 3.43. The summed E-state index contributed by atoms with van der Waals surface area (Å²) in [5, 5.41) is 9.21. The number of nitrogens with zero attached hydrogens (tertiary/aromatic N) is 7. The van der Waals surface area contributed by atoms with Gasteiger partial charge in [-0.05, 0) is 44.1 Å². The molecule has 1 unspecified atom stereocenters. The van der Waals surface area contributed by atoms with Crippen LogP contribution < -0.4 is 4.90 Å². The maximum absolute atomic E-state index is 5.64. The van der Waals surface area contributed by atoms with Crippen LogP contribution in [0.15, 0.2) is 12.5 Å². The number of rotatable bonds is 4. The lowest BCUT2D eigenvalue weighted by Gasteiger charge is -2.31. The molecule has 3 aromatic heterocycles. The monoisotopic (exact) mass is 393 g/mol. The maximum Gasteiger partial charge on any atom is 0.158 e. The van der Waals surface area contributed by atoms with Crippen molar-refractivity contribution in [2.45, 2.75) is 58.0 Å². The molecule has 1 saturated heterocycles. The lowest BCUT2D eigenvalue weighted by Crippen LogP contribution is -2.33. The zero-order chi connectivity index (χ0) is 19.4. The Balaban J connectivity index is 1.38. The van der Waals surface area contributed by atoms with E-state index in [4.69, 9.17) is 19.8 Å². The molecule has 6 rings (SSSR count). The Hall–Kier alpha value is -2.48. The van der Waals surface area contributed by atoms with Gasteiger partial charge in [0, 0.05) is 25.6 Å². The summed E-state index contributed by atoms with van der Waals surface area (Å²) in [7, 11) is 0.